The molecule has 0 aliphatic rings. The zero-order chi connectivity index (χ0) is 12.9. The lowest BCUT2D eigenvalue weighted by molar-refractivity contribution is -0.113. The van der Waals surface area contributed by atoms with Gasteiger partial charge >= 0.3 is 0 Å². The summed E-state index contributed by atoms with van der Waals surface area (Å²) in [5.74, 6) is -1.37. The molecule has 0 fully saturated rings. The molecule has 1 rings (SSSR count). The molecule has 0 heterocycles. The van der Waals surface area contributed by atoms with Gasteiger partial charge in [-0.2, -0.15) is 0 Å². The smallest absolute Gasteiger partial charge is 0.239 e. The van der Waals surface area contributed by atoms with Gasteiger partial charge in [-0.3, -0.25) is 4.79 Å². The molecule has 0 saturated heterocycles. The van der Waals surface area contributed by atoms with Gasteiger partial charge in [0.15, 0.2) is 9.84 Å². The number of rotatable bonds is 5. The van der Waals surface area contributed by atoms with Crippen LogP contribution in [0.4, 0.5) is 5.69 Å². The van der Waals surface area contributed by atoms with Crippen LogP contribution in [0.25, 0.3) is 0 Å². The fourth-order valence-corrected chi connectivity index (χ4v) is 2.34. The van der Waals surface area contributed by atoms with Gasteiger partial charge in [0.25, 0.3) is 0 Å². The quantitative estimate of drug-likeness (QED) is 0.833. The summed E-state index contributed by atoms with van der Waals surface area (Å²) >= 11 is 5.73. The Morgan fingerprint density at radius 2 is 2.18 bits per heavy atom. The molecule has 6 heteroatoms. The largest absolute Gasteiger partial charge is 0.325 e. The van der Waals surface area contributed by atoms with E-state index >= 15 is 0 Å². The summed E-state index contributed by atoms with van der Waals surface area (Å²) in [6, 6.07) is 6.49. The normalized spacial score (nSPS) is 10.9. The van der Waals surface area contributed by atoms with E-state index in [0.29, 0.717) is 10.7 Å². The van der Waals surface area contributed by atoms with Crippen molar-refractivity contribution in [3.05, 3.63) is 41.9 Å². The predicted octanol–water partition coefficient (Wildman–Crippen LogP) is 1.88. The first kappa shape index (κ1) is 13.7. The van der Waals surface area contributed by atoms with E-state index in [9.17, 15) is 13.2 Å². The van der Waals surface area contributed by atoms with Crippen LogP contribution >= 0.6 is 11.6 Å². The summed E-state index contributed by atoms with van der Waals surface area (Å²) in [6.45, 7) is 3.32. The molecule has 1 amide bonds. The van der Waals surface area contributed by atoms with Crippen LogP contribution in [0.1, 0.15) is 0 Å². The lowest BCUT2D eigenvalue weighted by Crippen LogP contribution is -2.24. The molecule has 1 aromatic rings. The molecule has 0 bridgehead atoms. The number of benzene rings is 1. The molecule has 17 heavy (non-hydrogen) atoms. The molecule has 1 N–H and O–H groups in total. The Labute approximate surface area is 105 Å². The van der Waals surface area contributed by atoms with Gasteiger partial charge in [0.05, 0.1) is 5.75 Å². The summed E-state index contributed by atoms with van der Waals surface area (Å²) in [4.78, 5) is 11.4. The van der Waals surface area contributed by atoms with Crippen LogP contribution in [-0.4, -0.2) is 25.8 Å². The summed E-state index contributed by atoms with van der Waals surface area (Å²) < 4.78 is 22.7. The summed E-state index contributed by atoms with van der Waals surface area (Å²) in [6.07, 6.45) is 1.25. The zero-order valence-corrected chi connectivity index (χ0v) is 10.6. The first-order valence-corrected chi connectivity index (χ1v) is 6.99. The van der Waals surface area contributed by atoms with Crippen LogP contribution in [0.5, 0.6) is 0 Å². The average Bonchev–Trinajstić information content (AvgIpc) is 2.15. The minimum atomic E-state index is -3.42. The number of carbonyl (C=O) groups is 1. The van der Waals surface area contributed by atoms with E-state index in [1.165, 1.54) is 6.08 Å². The van der Waals surface area contributed by atoms with Crippen molar-refractivity contribution in [2.24, 2.45) is 0 Å². The molecule has 0 aliphatic carbocycles. The number of hydrogen-bond acceptors (Lipinski definition) is 3. The Morgan fingerprint density at radius 1 is 1.47 bits per heavy atom. The standard InChI is InChI=1S/C11H12ClNO3S/c1-2-6-17(15,16)8-11(14)13-10-5-3-4-9(12)7-10/h2-5,7H,1,6,8H2,(H,13,14). The maximum absolute atomic E-state index is 11.4. The van der Waals surface area contributed by atoms with Gasteiger partial charge in [0, 0.05) is 10.7 Å². The SMILES string of the molecule is C=CCS(=O)(=O)CC(=O)Nc1cccc(Cl)c1. The molecule has 0 spiro atoms. The van der Waals surface area contributed by atoms with Gasteiger partial charge in [0.2, 0.25) is 5.91 Å². The van der Waals surface area contributed by atoms with Gasteiger partial charge in [-0.15, -0.1) is 6.58 Å². The molecule has 92 valence electrons. The van der Waals surface area contributed by atoms with E-state index < -0.39 is 21.5 Å². The first-order chi connectivity index (χ1) is 7.93. The van der Waals surface area contributed by atoms with Gasteiger partial charge in [-0.05, 0) is 18.2 Å². The van der Waals surface area contributed by atoms with Gasteiger partial charge < -0.3 is 5.32 Å². The number of hydrogen-bond donors (Lipinski definition) is 1. The van der Waals surface area contributed by atoms with Crippen molar-refractivity contribution in [1.82, 2.24) is 0 Å². The number of carbonyl (C=O) groups excluding carboxylic acids is 1. The van der Waals surface area contributed by atoms with Crippen molar-refractivity contribution < 1.29 is 13.2 Å². The minimum Gasteiger partial charge on any atom is -0.325 e. The Morgan fingerprint density at radius 3 is 2.76 bits per heavy atom. The molecule has 4 nitrogen and oxygen atoms in total. The number of amides is 1. The molecule has 0 aromatic heterocycles. The maximum atomic E-state index is 11.4. The second-order valence-electron chi connectivity index (χ2n) is 3.40. The number of sulfone groups is 1. The van der Waals surface area contributed by atoms with Gasteiger partial charge in [-0.25, -0.2) is 8.42 Å². The molecule has 0 unspecified atom stereocenters. The van der Waals surface area contributed by atoms with Crippen molar-refractivity contribution in [2.45, 2.75) is 0 Å². The van der Waals surface area contributed by atoms with Crippen LogP contribution in [0, 0.1) is 0 Å². The molecule has 1 aromatic carbocycles. The highest BCUT2D eigenvalue weighted by Gasteiger charge is 2.14. The van der Waals surface area contributed by atoms with E-state index in [4.69, 9.17) is 11.6 Å². The fraction of sp³-hybridized carbons (Fsp3) is 0.182. The van der Waals surface area contributed by atoms with Crippen LogP contribution in [0.2, 0.25) is 5.02 Å². The molecule has 0 aliphatic heterocycles. The van der Waals surface area contributed by atoms with Crippen molar-refractivity contribution in [1.29, 1.82) is 0 Å². The third kappa shape index (κ3) is 5.01. The van der Waals surface area contributed by atoms with Crippen LogP contribution in [-0.2, 0) is 14.6 Å². The Hall–Kier alpha value is -1.33. The summed E-state index contributed by atoms with van der Waals surface area (Å²) in [5, 5.41) is 2.93. The second kappa shape index (κ2) is 5.84. The maximum Gasteiger partial charge on any atom is 0.239 e. The second-order valence-corrected chi connectivity index (χ2v) is 5.95. The van der Waals surface area contributed by atoms with E-state index in [1.54, 1.807) is 24.3 Å². The highest BCUT2D eigenvalue weighted by molar-refractivity contribution is 7.92. The highest BCUT2D eigenvalue weighted by atomic mass is 35.5. The molecule has 0 saturated carbocycles. The number of halogens is 1. The third-order valence-electron chi connectivity index (χ3n) is 1.83. The van der Waals surface area contributed by atoms with E-state index in [0.717, 1.165) is 0 Å². The van der Waals surface area contributed by atoms with Crippen molar-refractivity contribution in [2.75, 3.05) is 16.8 Å². The molecular weight excluding hydrogens is 262 g/mol. The van der Waals surface area contributed by atoms with Crippen LogP contribution < -0.4 is 5.32 Å². The van der Waals surface area contributed by atoms with Gasteiger partial charge in [-0.1, -0.05) is 23.7 Å². The number of anilines is 1. The lowest BCUT2D eigenvalue weighted by Gasteiger charge is -2.05. The lowest BCUT2D eigenvalue weighted by atomic mass is 10.3. The van der Waals surface area contributed by atoms with E-state index in [-0.39, 0.29) is 5.75 Å². The number of nitrogens with one attached hydrogen (secondary N) is 1. The van der Waals surface area contributed by atoms with Crippen LogP contribution in [0.15, 0.2) is 36.9 Å². The minimum absolute atomic E-state index is 0.212. The van der Waals surface area contributed by atoms with Crippen molar-refractivity contribution in [3.63, 3.8) is 0 Å². The Bertz CT molecular complexity index is 525. The predicted molar refractivity (Wildman–Crippen MR) is 68.9 cm³/mol. The van der Waals surface area contributed by atoms with Crippen molar-refractivity contribution in [3.8, 4) is 0 Å². The molecule has 0 atom stereocenters. The fourth-order valence-electron chi connectivity index (χ4n) is 1.20. The van der Waals surface area contributed by atoms with E-state index in [1.807, 2.05) is 0 Å². The molecular formula is C11H12ClNO3S. The Kier molecular flexibility index (Phi) is 4.72. The Balaban J connectivity index is 2.65. The topological polar surface area (TPSA) is 63.2 Å². The summed E-state index contributed by atoms with van der Waals surface area (Å²) in [5.41, 5.74) is 0.469. The highest BCUT2D eigenvalue weighted by Crippen LogP contribution is 2.14. The third-order valence-corrected chi connectivity index (χ3v) is 3.51. The van der Waals surface area contributed by atoms with Gasteiger partial charge in [0.1, 0.15) is 5.75 Å². The van der Waals surface area contributed by atoms with Crippen molar-refractivity contribution >= 4 is 33.0 Å². The molecule has 0 radical (unpaired) electrons. The monoisotopic (exact) mass is 273 g/mol. The zero-order valence-electron chi connectivity index (χ0n) is 9.02. The van der Waals surface area contributed by atoms with E-state index in [2.05, 4.69) is 11.9 Å². The van der Waals surface area contributed by atoms with Crippen LogP contribution in [0.3, 0.4) is 0 Å². The average molecular weight is 274 g/mol. The first-order valence-electron chi connectivity index (χ1n) is 4.80. The summed E-state index contributed by atoms with van der Waals surface area (Å²) in [7, 11) is -3.42.